The number of hydrogen-bond acceptors (Lipinski definition) is 2. The zero-order valence-corrected chi connectivity index (χ0v) is 9.86. The van der Waals surface area contributed by atoms with E-state index in [-0.39, 0.29) is 5.82 Å². The number of rotatable bonds is 4. The van der Waals surface area contributed by atoms with E-state index < -0.39 is 0 Å². The molecule has 2 aromatic rings. The molecule has 1 aromatic heterocycles. The minimum atomic E-state index is -0.149. The first kappa shape index (κ1) is 11.8. The number of benzene rings is 1. The monoisotopic (exact) mass is 233 g/mol. The SMILES string of the molecule is Cn1cnc(CN)c1CCc1ccccc1F. The number of hydrogen-bond donors (Lipinski definition) is 1. The van der Waals surface area contributed by atoms with Crippen molar-refractivity contribution in [3.8, 4) is 0 Å². The van der Waals surface area contributed by atoms with Gasteiger partial charge < -0.3 is 10.3 Å². The minimum absolute atomic E-state index is 0.149. The van der Waals surface area contributed by atoms with Crippen LogP contribution in [0.1, 0.15) is 17.0 Å². The third-order valence-electron chi connectivity index (χ3n) is 2.93. The fraction of sp³-hybridized carbons (Fsp3) is 0.308. The number of imidazole rings is 1. The van der Waals surface area contributed by atoms with Gasteiger partial charge in [0.2, 0.25) is 0 Å². The van der Waals surface area contributed by atoms with Crippen molar-refractivity contribution in [2.75, 3.05) is 0 Å². The number of nitrogens with two attached hydrogens (primary N) is 1. The zero-order chi connectivity index (χ0) is 12.3. The van der Waals surface area contributed by atoms with Crippen LogP contribution >= 0.6 is 0 Å². The predicted octanol–water partition coefficient (Wildman–Crippen LogP) is 1.80. The van der Waals surface area contributed by atoms with E-state index in [1.54, 1.807) is 12.4 Å². The maximum Gasteiger partial charge on any atom is 0.126 e. The summed E-state index contributed by atoms with van der Waals surface area (Å²) in [6.45, 7) is 0.424. The van der Waals surface area contributed by atoms with Crippen LogP contribution in [0.2, 0.25) is 0 Å². The lowest BCUT2D eigenvalue weighted by atomic mass is 10.1. The summed E-state index contributed by atoms with van der Waals surface area (Å²) >= 11 is 0. The highest BCUT2D eigenvalue weighted by Gasteiger charge is 2.08. The number of aromatic nitrogens is 2. The summed E-state index contributed by atoms with van der Waals surface area (Å²) in [5, 5.41) is 0. The Morgan fingerprint density at radius 3 is 2.76 bits per heavy atom. The third-order valence-corrected chi connectivity index (χ3v) is 2.93. The Morgan fingerprint density at radius 1 is 1.29 bits per heavy atom. The molecule has 0 aliphatic carbocycles. The molecule has 0 unspecified atom stereocenters. The van der Waals surface area contributed by atoms with E-state index in [0.29, 0.717) is 13.0 Å². The summed E-state index contributed by atoms with van der Waals surface area (Å²) in [5.74, 6) is -0.149. The second-order valence-electron chi connectivity index (χ2n) is 4.04. The molecule has 0 fully saturated rings. The molecule has 2 rings (SSSR count). The molecular formula is C13H16FN3. The molecule has 0 bridgehead atoms. The molecule has 17 heavy (non-hydrogen) atoms. The van der Waals surface area contributed by atoms with Gasteiger partial charge >= 0.3 is 0 Å². The lowest BCUT2D eigenvalue weighted by Gasteiger charge is -2.06. The van der Waals surface area contributed by atoms with E-state index >= 15 is 0 Å². The van der Waals surface area contributed by atoms with Crippen molar-refractivity contribution in [3.63, 3.8) is 0 Å². The van der Waals surface area contributed by atoms with E-state index in [9.17, 15) is 4.39 Å². The highest BCUT2D eigenvalue weighted by molar-refractivity contribution is 5.20. The molecule has 4 heteroatoms. The average Bonchev–Trinajstić information content (AvgIpc) is 2.69. The average molecular weight is 233 g/mol. The van der Waals surface area contributed by atoms with Gasteiger partial charge in [0.1, 0.15) is 5.82 Å². The molecule has 3 nitrogen and oxygen atoms in total. The summed E-state index contributed by atoms with van der Waals surface area (Å²) in [6.07, 6.45) is 3.17. The summed E-state index contributed by atoms with van der Waals surface area (Å²) < 4.78 is 15.4. The first-order valence-electron chi connectivity index (χ1n) is 5.65. The van der Waals surface area contributed by atoms with E-state index in [1.807, 2.05) is 23.7 Å². The normalized spacial score (nSPS) is 10.8. The molecule has 2 N–H and O–H groups in total. The molecule has 0 atom stereocenters. The lowest BCUT2D eigenvalue weighted by molar-refractivity contribution is 0.606. The fourth-order valence-electron chi connectivity index (χ4n) is 1.95. The molecule has 0 aliphatic rings. The van der Waals surface area contributed by atoms with Crippen molar-refractivity contribution in [1.29, 1.82) is 0 Å². The van der Waals surface area contributed by atoms with Crippen molar-refractivity contribution in [3.05, 3.63) is 53.4 Å². The van der Waals surface area contributed by atoms with Crippen LogP contribution in [0.25, 0.3) is 0 Å². The summed E-state index contributed by atoms with van der Waals surface area (Å²) in [4.78, 5) is 4.21. The van der Waals surface area contributed by atoms with Gasteiger partial charge in [-0.3, -0.25) is 0 Å². The maximum atomic E-state index is 13.5. The van der Waals surface area contributed by atoms with Gasteiger partial charge in [-0.15, -0.1) is 0 Å². The lowest BCUT2D eigenvalue weighted by Crippen LogP contribution is -2.06. The van der Waals surface area contributed by atoms with Crippen LogP contribution in [0.3, 0.4) is 0 Å². The second kappa shape index (κ2) is 5.10. The molecule has 0 saturated carbocycles. The topological polar surface area (TPSA) is 43.8 Å². The van der Waals surface area contributed by atoms with Gasteiger partial charge in [-0.05, 0) is 24.5 Å². The molecule has 90 valence electrons. The number of nitrogens with zero attached hydrogens (tertiary/aromatic N) is 2. The van der Waals surface area contributed by atoms with E-state index in [1.165, 1.54) is 6.07 Å². The Hall–Kier alpha value is -1.68. The third kappa shape index (κ3) is 2.53. The van der Waals surface area contributed by atoms with E-state index in [4.69, 9.17) is 5.73 Å². The van der Waals surface area contributed by atoms with Gasteiger partial charge in [-0.2, -0.15) is 0 Å². The van der Waals surface area contributed by atoms with E-state index in [2.05, 4.69) is 4.98 Å². The Morgan fingerprint density at radius 2 is 2.06 bits per heavy atom. The van der Waals surface area contributed by atoms with Crippen molar-refractivity contribution < 1.29 is 4.39 Å². The molecule has 1 heterocycles. The van der Waals surface area contributed by atoms with Gasteiger partial charge in [0, 0.05) is 19.3 Å². The highest BCUT2D eigenvalue weighted by Crippen LogP contribution is 2.13. The van der Waals surface area contributed by atoms with Crippen LogP contribution in [-0.2, 0) is 26.4 Å². The van der Waals surface area contributed by atoms with E-state index in [0.717, 1.165) is 23.4 Å². The smallest absolute Gasteiger partial charge is 0.126 e. The van der Waals surface area contributed by atoms with Gasteiger partial charge in [0.05, 0.1) is 12.0 Å². The number of aryl methyl sites for hydroxylation is 2. The summed E-state index contributed by atoms with van der Waals surface area (Å²) in [6, 6.07) is 6.86. The molecule has 0 spiro atoms. The highest BCUT2D eigenvalue weighted by atomic mass is 19.1. The van der Waals surface area contributed by atoms with Crippen LogP contribution in [0, 0.1) is 5.82 Å². The first-order chi connectivity index (χ1) is 8.22. The van der Waals surface area contributed by atoms with Crippen LogP contribution in [0.5, 0.6) is 0 Å². The summed E-state index contributed by atoms with van der Waals surface area (Å²) in [7, 11) is 1.93. The van der Waals surface area contributed by atoms with Gasteiger partial charge in [0.25, 0.3) is 0 Å². The van der Waals surface area contributed by atoms with Crippen LogP contribution in [-0.4, -0.2) is 9.55 Å². The first-order valence-corrected chi connectivity index (χ1v) is 5.65. The van der Waals surface area contributed by atoms with Gasteiger partial charge in [0.15, 0.2) is 0 Å². The Bertz CT molecular complexity index is 505. The largest absolute Gasteiger partial charge is 0.337 e. The van der Waals surface area contributed by atoms with Crippen molar-refractivity contribution in [1.82, 2.24) is 9.55 Å². The minimum Gasteiger partial charge on any atom is -0.337 e. The van der Waals surface area contributed by atoms with Crippen molar-refractivity contribution in [2.24, 2.45) is 12.8 Å². The van der Waals surface area contributed by atoms with Crippen LogP contribution in [0.15, 0.2) is 30.6 Å². The Balaban J connectivity index is 2.12. The quantitative estimate of drug-likeness (QED) is 0.875. The number of halogens is 1. The fourth-order valence-corrected chi connectivity index (χ4v) is 1.95. The zero-order valence-electron chi connectivity index (χ0n) is 9.86. The van der Waals surface area contributed by atoms with Crippen molar-refractivity contribution >= 4 is 0 Å². The maximum absolute atomic E-state index is 13.5. The summed E-state index contributed by atoms with van der Waals surface area (Å²) in [5.41, 5.74) is 8.32. The van der Waals surface area contributed by atoms with Crippen LogP contribution in [0.4, 0.5) is 4.39 Å². The Labute approximate surface area is 100 Å². The van der Waals surface area contributed by atoms with Crippen LogP contribution < -0.4 is 5.73 Å². The van der Waals surface area contributed by atoms with Gasteiger partial charge in [-0.25, -0.2) is 9.37 Å². The van der Waals surface area contributed by atoms with Crippen molar-refractivity contribution in [2.45, 2.75) is 19.4 Å². The molecule has 1 aromatic carbocycles. The molecule has 0 aliphatic heterocycles. The van der Waals surface area contributed by atoms with Gasteiger partial charge in [-0.1, -0.05) is 18.2 Å². The Kier molecular flexibility index (Phi) is 3.54. The second-order valence-corrected chi connectivity index (χ2v) is 4.04. The molecular weight excluding hydrogens is 217 g/mol. The molecule has 0 amide bonds. The molecule has 0 radical (unpaired) electrons. The predicted molar refractivity (Wildman–Crippen MR) is 64.9 cm³/mol. The molecule has 0 saturated heterocycles. The standard InChI is InChI=1S/C13H16FN3/c1-17-9-16-12(8-15)13(17)7-6-10-4-2-3-5-11(10)14/h2-5,9H,6-8,15H2,1H3.